The molecule has 7 heteroatoms. The molecule has 0 spiro atoms. The lowest BCUT2D eigenvalue weighted by molar-refractivity contribution is -0.128. The van der Waals surface area contributed by atoms with Crippen LogP contribution in [0, 0.1) is 5.82 Å². The molecular formula is C18H18ClFN2O3. The molecule has 0 aromatic heterocycles. The molecule has 25 heavy (non-hydrogen) atoms. The molecule has 0 fully saturated rings. The number of anilines is 1. The van der Waals surface area contributed by atoms with Gasteiger partial charge in [0, 0.05) is 17.3 Å². The summed E-state index contributed by atoms with van der Waals surface area (Å²) in [4.78, 5) is 23.3. The van der Waals surface area contributed by atoms with Gasteiger partial charge in [-0.3, -0.25) is 9.59 Å². The molecule has 2 amide bonds. The van der Waals surface area contributed by atoms with Crippen LogP contribution >= 0.6 is 11.6 Å². The molecule has 0 radical (unpaired) electrons. The number of nitrogens with one attached hydrogen (secondary N) is 2. The number of amides is 2. The van der Waals surface area contributed by atoms with Gasteiger partial charge in [0.1, 0.15) is 19.0 Å². The third kappa shape index (κ3) is 7.32. The van der Waals surface area contributed by atoms with Crippen molar-refractivity contribution in [2.45, 2.75) is 6.42 Å². The van der Waals surface area contributed by atoms with Gasteiger partial charge in [-0.05, 0) is 48.4 Å². The molecule has 2 N–H and O–H groups in total. The quantitative estimate of drug-likeness (QED) is 0.757. The fraction of sp³-hybridized carbons (Fsp3) is 0.222. The zero-order valence-corrected chi connectivity index (χ0v) is 14.2. The fourth-order valence-electron chi connectivity index (χ4n) is 2.02. The molecule has 132 valence electrons. The number of ether oxygens (including phenoxy) is 1. The van der Waals surface area contributed by atoms with E-state index in [1.165, 1.54) is 24.3 Å². The van der Waals surface area contributed by atoms with E-state index >= 15 is 0 Å². The van der Waals surface area contributed by atoms with Crippen LogP contribution in [0.4, 0.5) is 10.1 Å². The van der Waals surface area contributed by atoms with Crippen LogP contribution in [0.3, 0.4) is 0 Å². The first-order chi connectivity index (χ1) is 12.0. The van der Waals surface area contributed by atoms with Crippen LogP contribution in [0.2, 0.25) is 5.02 Å². The molecular weight excluding hydrogens is 347 g/mol. The molecule has 0 atom stereocenters. The lowest BCUT2D eigenvalue weighted by atomic mass is 10.1. The first kappa shape index (κ1) is 18.9. The van der Waals surface area contributed by atoms with Gasteiger partial charge < -0.3 is 15.4 Å². The van der Waals surface area contributed by atoms with Crippen molar-refractivity contribution in [1.82, 2.24) is 5.32 Å². The average Bonchev–Trinajstić information content (AvgIpc) is 2.59. The molecule has 0 aliphatic heterocycles. The average molecular weight is 365 g/mol. The second-order valence-electron chi connectivity index (χ2n) is 5.27. The Balaban J connectivity index is 1.59. The normalized spacial score (nSPS) is 10.3. The minimum Gasteiger partial charge on any atom is -0.362 e. The summed E-state index contributed by atoms with van der Waals surface area (Å²) in [5.74, 6) is -1.10. The predicted octanol–water partition coefficient (Wildman–Crippen LogP) is 2.79. The molecule has 2 rings (SSSR count). The Labute approximate surface area is 150 Å². The standard InChI is InChI=1S/C18H18ClFN2O3/c19-14-3-1-13(2-4-14)9-10-21-17(23)11-25-12-18(24)22-16-7-5-15(20)6-8-16/h1-8H,9-12H2,(H,21,23)(H,22,24). The van der Waals surface area contributed by atoms with E-state index in [0.29, 0.717) is 23.7 Å². The van der Waals surface area contributed by atoms with Gasteiger partial charge in [0.2, 0.25) is 11.8 Å². The smallest absolute Gasteiger partial charge is 0.250 e. The van der Waals surface area contributed by atoms with E-state index in [-0.39, 0.29) is 24.9 Å². The molecule has 0 saturated carbocycles. The first-order valence-electron chi connectivity index (χ1n) is 7.67. The van der Waals surface area contributed by atoms with E-state index in [9.17, 15) is 14.0 Å². The zero-order valence-electron chi connectivity index (χ0n) is 13.4. The minimum atomic E-state index is -0.416. The predicted molar refractivity (Wildman–Crippen MR) is 94.0 cm³/mol. The van der Waals surface area contributed by atoms with Crippen molar-refractivity contribution in [3.05, 3.63) is 64.9 Å². The van der Waals surface area contributed by atoms with Crippen molar-refractivity contribution >= 4 is 29.1 Å². The summed E-state index contributed by atoms with van der Waals surface area (Å²) in [6, 6.07) is 12.7. The van der Waals surface area contributed by atoms with Crippen molar-refractivity contribution < 1.29 is 18.7 Å². The summed E-state index contributed by atoms with van der Waals surface area (Å²) in [6.45, 7) is -0.00889. The Kier molecular flexibility index (Phi) is 7.37. The molecule has 0 aliphatic rings. The van der Waals surface area contributed by atoms with Crippen molar-refractivity contribution in [1.29, 1.82) is 0 Å². The molecule has 0 aliphatic carbocycles. The highest BCUT2D eigenvalue weighted by atomic mass is 35.5. The Morgan fingerprint density at radius 1 is 0.960 bits per heavy atom. The SMILES string of the molecule is O=C(COCC(=O)Nc1ccc(F)cc1)NCCc1ccc(Cl)cc1. The molecule has 0 heterocycles. The van der Waals surface area contributed by atoms with Crippen LogP contribution in [-0.4, -0.2) is 31.6 Å². The Morgan fingerprint density at radius 2 is 1.60 bits per heavy atom. The Morgan fingerprint density at radius 3 is 2.28 bits per heavy atom. The van der Waals surface area contributed by atoms with E-state index < -0.39 is 5.91 Å². The van der Waals surface area contributed by atoms with E-state index in [4.69, 9.17) is 16.3 Å². The van der Waals surface area contributed by atoms with Gasteiger partial charge in [-0.25, -0.2) is 4.39 Å². The number of halogens is 2. The van der Waals surface area contributed by atoms with Crippen LogP contribution < -0.4 is 10.6 Å². The fourth-order valence-corrected chi connectivity index (χ4v) is 2.14. The maximum atomic E-state index is 12.8. The largest absolute Gasteiger partial charge is 0.362 e. The summed E-state index contributed by atoms with van der Waals surface area (Å²) in [7, 11) is 0. The van der Waals surface area contributed by atoms with Gasteiger partial charge in [0.15, 0.2) is 0 Å². The third-order valence-corrected chi connectivity index (χ3v) is 3.50. The van der Waals surface area contributed by atoms with Crippen molar-refractivity contribution in [2.24, 2.45) is 0 Å². The number of benzene rings is 2. The van der Waals surface area contributed by atoms with Crippen molar-refractivity contribution in [3.63, 3.8) is 0 Å². The topological polar surface area (TPSA) is 67.4 Å². The lowest BCUT2D eigenvalue weighted by Gasteiger charge is -2.07. The summed E-state index contributed by atoms with van der Waals surface area (Å²) in [5, 5.41) is 5.91. The second-order valence-corrected chi connectivity index (χ2v) is 5.71. The van der Waals surface area contributed by atoms with Crippen LogP contribution in [0.25, 0.3) is 0 Å². The summed E-state index contributed by atoms with van der Waals surface area (Å²) in [6.07, 6.45) is 0.675. The maximum Gasteiger partial charge on any atom is 0.250 e. The van der Waals surface area contributed by atoms with Gasteiger partial charge >= 0.3 is 0 Å². The highest BCUT2D eigenvalue weighted by molar-refractivity contribution is 6.30. The van der Waals surface area contributed by atoms with Gasteiger partial charge in [-0.1, -0.05) is 23.7 Å². The number of hydrogen-bond acceptors (Lipinski definition) is 3. The molecule has 0 saturated heterocycles. The van der Waals surface area contributed by atoms with Crippen molar-refractivity contribution in [2.75, 3.05) is 25.1 Å². The minimum absolute atomic E-state index is 0.211. The van der Waals surface area contributed by atoms with Gasteiger partial charge in [-0.2, -0.15) is 0 Å². The van der Waals surface area contributed by atoms with Gasteiger partial charge in [-0.15, -0.1) is 0 Å². The monoisotopic (exact) mass is 364 g/mol. The lowest BCUT2D eigenvalue weighted by Crippen LogP contribution is -2.31. The number of carbonyl (C=O) groups excluding carboxylic acids is 2. The van der Waals surface area contributed by atoms with Crippen LogP contribution in [-0.2, 0) is 20.7 Å². The van der Waals surface area contributed by atoms with E-state index in [1.807, 2.05) is 12.1 Å². The molecule has 0 bridgehead atoms. The van der Waals surface area contributed by atoms with Crippen molar-refractivity contribution in [3.8, 4) is 0 Å². The molecule has 2 aromatic carbocycles. The van der Waals surface area contributed by atoms with Crippen LogP contribution in [0.1, 0.15) is 5.56 Å². The second kappa shape index (κ2) is 9.76. The highest BCUT2D eigenvalue weighted by Gasteiger charge is 2.06. The van der Waals surface area contributed by atoms with Gasteiger partial charge in [0.25, 0.3) is 0 Å². The van der Waals surface area contributed by atoms with Gasteiger partial charge in [0.05, 0.1) is 0 Å². The summed E-state index contributed by atoms with van der Waals surface area (Å²) in [5.41, 5.74) is 1.52. The summed E-state index contributed by atoms with van der Waals surface area (Å²) >= 11 is 5.80. The molecule has 5 nitrogen and oxygen atoms in total. The number of rotatable bonds is 8. The number of hydrogen-bond donors (Lipinski definition) is 2. The maximum absolute atomic E-state index is 12.8. The Hall–Kier alpha value is -2.44. The van der Waals surface area contributed by atoms with E-state index in [2.05, 4.69) is 10.6 Å². The van der Waals surface area contributed by atoms with Crippen LogP contribution in [0.5, 0.6) is 0 Å². The summed E-state index contributed by atoms with van der Waals surface area (Å²) < 4.78 is 17.8. The first-order valence-corrected chi connectivity index (χ1v) is 8.05. The Bertz CT molecular complexity index is 705. The van der Waals surface area contributed by atoms with E-state index in [0.717, 1.165) is 5.56 Å². The highest BCUT2D eigenvalue weighted by Crippen LogP contribution is 2.09. The molecule has 2 aromatic rings. The zero-order chi connectivity index (χ0) is 18.1. The molecule has 0 unspecified atom stereocenters. The third-order valence-electron chi connectivity index (χ3n) is 3.24. The van der Waals surface area contributed by atoms with E-state index in [1.54, 1.807) is 12.1 Å². The van der Waals surface area contributed by atoms with Crippen LogP contribution in [0.15, 0.2) is 48.5 Å². The number of carbonyl (C=O) groups is 2.